The van der Waals surface area contributed by atoms with Crippen LogP contribution < -0.4 is 20.2 Å². The van der Waals surface area contributed by atoms with Gasteiger partial charge in [-0.2, -0.15) is 5.10 Å². The molecule has 0 radical (unpaired) electrons. The highest BCUT2D eigenvalue weighted by Crippen LogP contribution is 2.30. The molecule has 0 amide bonds. The summed E-state index contributed by atoms with van der Waals surface area (Å²) in [5.41, 5.74) is 4.77. The van der Waals surface area contributed by atoms with Crippen LogP contribution in [0.25, 0.3) is 0 Å². The fourth-order valence-corrected chi connectivity index (χ4v) is 2.26. The third kappa shape index (κ3) is 6.08. The van der Waals surface area contributed by atoms with Crippen molar-refractivity contribution in [3.8, 4) is 11.5 Å². The van der Waals surface area contributed by atoms with E-state index in [-0.39, 0.29) is 6.10 Å². The van der Waals surface area contributed by atoms with Crippen molar-refractivity contribution >= 4 is 23.5 Å². The van der Waals surface area contributed by atoms with Crippen molar-refractivity contribution in [2.24, 2.45) is 5.10 Å². The average Bonchev–Trinajstić information content (AvgIpc) is 2.61. The van der Waals surface area contributed by atoms with Gasteiger partial charge in [-0.3, -0.25) is 5.43 Å². The van der Waals surface area contributed by atoms with Gasteiger partial charge in [0.15, 0.2) is 16.6 Å². The number of nitrogens with zero attached hydrogens (tertiary/aromatic N) is 1. The minimum Gasteiger partial charge on any atom is -0.493 e. The number of ether oxygens (including phenoxy) is 2. The number of methoxy groups -OCH3 is 1. The number of benzene rings is 2. The monoisotopic (exact) mass is 357 g/mol. The van der Waals surface area contributed by atoms with Gasteiger partial charge in [-0.05, 0) is 43.8 Å². The second-order valence-electron chi connectivity index (χ2n) is 5.58. The number of rotatable bonds is 7. The first kappa shape index (κ1) is 18.7. The van der Waals surface area contributed by atoms with Crippen molar-refractivity contribution in [3.63, 3.8) is 0 Å². The molecule has 132 valence electrons. The molecule has 2 rings (SSSR count). The summed E-state index contributed by atoms with van der Waals surface area (Å²) >= 11 is 5.23. The van der Waals surface area contributed by atoms with Crippen molar-refractivity contribution < 1.29 is 9.47 Å². The minimum absolute atomic E-state index is 0.0324. The van der Waals surface area contributed by atoms with Gasteiger partial charge >= 0.3 is 0 Å². The van der Waals surface area contributed by atoms with Crippen LogP contribution in [0.2, 0.25) is 0 Å². The summed E-state index contributed by atoms with van der Waals surface area (Å²) in [5, 5.41) is 7.74. The Morgan fingerprint density at radius 1 is 1.16 bits per heavy atom. The molecule has 0 aliphatic heterocycles. The van der Waals surface area contributed by atoms with Crippen molar-refractivity contribution in [2.75, 3.05) is 7.11 Å². The quantitative estimate of drug-likeness (QED) is 0.451. The Morgan fingerprint density at radius 2 is 1.92 bits per heavy atom. The molecule has 0 aliphatic rings. The van der Waals surface area contributed by atoms with Crippen molar-refractivity contribution in [1.29, 1.82) is 0 Å². The fraction of sp³-hybridized carbons (Fsp3) is 0.263. The molecule has 0 aliphatic carbocycles. The topological polar surface area (TPSA) is 54.9 Å². The van der Waals surface area contributed by atoms with E-state index in [4.69, 9.17) is 21.7 Å². The smallest absolute Gasteiger partial charge is 0.187 e. The summed E-state index contributed by atoms with van der Waals surface area (Å²) in [6.45, 7) is 4.57. The largest absolute Gasteiger partial charge is 0.493 e. The summed E-state index contributed by atoms with van der Waals surface area (Å²) in [4.78, 5) is 0. The average molecular weight is 357 g/mol. The van der Waals surface area contributed by atoms with Gasteiger partial charge in [-0.1, -0.05) is 36.4 Å². The molecular weight excluding hydrogens is 334 g/mol. The molecule has 2 aromatic rings. The Morgan fingerprint density at radius 3 is 2.60 bits per heavy atom. The third-order valence-electron chi connectivity index (χ3n) is 3.25. The van der Waals surface area contributed by atoms with E-state index in [9.17, 15) is 0 Å². The molecule has 2 aromatic carbocycles. The lowest BCUT2D eigenvalue weighted by Crippen LogP contribution is -2.31. The van der Waals surface area contributed by atoms with E-state index in [2.05, 4.69) is 15.8 Å². The second-order valence-corrected chi connectivity index (χ2v) is 5.99. The second kappa shape index (κ2) is 9.64. The Kier molecular flexibility index (Phi) is 7.22. The van der Waals surface area contributed by atoms with E-state index < -0.39 is 0 Å². The SMILES string of the molecule is COc1cccc(/C=N\NC(=S)NCc2ccccc2)c1OC(C)C. The Hall–Kier alpha value is -2.60. The third-order valence-corrected chi connectivity index (χ3v) is 3.48. The molecule has 0 fully saturated rings. The molecule has 0 heterocycles. The summed E-state index contributed by atoms with van der Waals surface area (Å²) < 4.78 is 11.2. The number of hydrazone groups is 1. The number of hydrogen-bond acceptors (Lipinski definition) is 4. The Bertz CT molecular complexity index is 718. The lowest BCUT2D eigenvalue weighted by molar-refractivity contribution is 0.230. The zero-order chi connectivity index (χ0) is 18.1. The highest BCUT2D eigenvalue weighted by molar-refractivity contribution is 7.80. The van der Waals surface area contributed by atoms with Crippen LogP contribution in [0.15, 0.2) is 53.6 Å². The van der Waals surface area contributed by atoms with Crippen LogP contribution >= 0.6 is 12.2 Å². The van der Waals surface area contributed by atoms with E-state index in [1.54, 1.807) is 13.3 Å². The maximum Gasteiger partial charge on any atom is 0.187 e. The van der Waals surface area contributed by atoms with Crippen LogP contribution in [-0.2, 0) is 6.54 Å². The van der Waals surface area contributed by atoms with E-state index in [1.165, 1.54) is 0 Å². The number of hydrogen-bond donors (Lipinski definition) is 2. The molecule has 0 saturated carbocycles. The van der Waals surface area contributed by atoms with Gasteiger partial charge in [0, 0.05) is 12.1 Å². The summed E-state index contributed by atoms with van der Waals surface area (Å²) in [6, 6.07) is 15.7. The number of thiocarbonyl (C=S) groups is 1. The summed E-state index contributed by atoms with van der Waals surface area (Å²) in [6.07, 6.45) is 1.70. The highest BCUT2D eigenvalue weighted by Gasteiger charge is 2.10. The first-order valence-corrected chi connectivity index (χ1v) is 8.45. The van der Waals surface area contributed by atoms with Crippen molar-refractivity contribution in [2.45, 2.75) is 26.5 Å². The zero-order valence-corrected chi connectivity index (χ0v) is 15.5. The molecule has 0 saturated heterocycles. The standard InChI is InChI=1S/C19H23N3O2S/c1-14(2)24-18-16(10-7-11-17(18)23-3)13-21-22-19(25)20-12-15-8-5-4-6-9-15/h4-11,13-14H,12H2,1-3H3,(H2,20,22,25)/b21-13-. The molecule has 0 atom stereocenters. The molecular formula is C19H23N3O2S. The maximum absolute atomic E-state index is 5.84. The molecule has 25 heavy (non-hydrogen) atoms. The van der Waals surface area contributed by atoms with Crippen LogP contribution in [0.3, 0.4) is 0 Å². The van der Waals surface area contributed by atoms with Gasteiger partial charge in [0.25, 0.3) is 0 Å². The van der Waals surface area contributed by atoms with E-state index in [0.29, 0.717) is 23.2 Å². The minimum atomic E-state index is 0.0324. The van der Waals surface area contributed by atoms with E-state index in [1.807, 2.05) is 62.4 Å². The fourth-order valence-electron chi connectivity index (χ4n) is 2.14. The van der Waals surface area contributed by atoms with Crippen LogP contribution in [0.1, 0.15) is 25.0 Å². The van der Waals surface area contributed by atoms with E-state index in [0.717, 1.165) is 11.1 Å². The first-order valence-electron chi connectivity index (χ1n) is 8.04. The van der Waals surface area contributed by atoms with Gasteiger partial charge in [0.2, 0.25) is 0 Å². The normalized spacial score (nSPS) is 10.7. The molecule has 6 heteroatoms. The lowest BCUT2D eigenvalue weighted by Gasteiger charge is -2.15. The lowest BCUT2D eigenvalue weighted by atomic mass is 10.2. The Labute approximate surface area is 154 Å². The molecule has 2 N–H and O–H groups in total. The molecule has 5 nitrogen and oxygen atoms in total. The molecule has 0 unspecified atom stereocenters. The van der Waals surface area contributed by atoms with Gasteiger partial charge < -0.3 is 14.8 Å². The van der Waals surface area contributed by atoms with Gasteiger partial charge in [-0.15, -0.1) is 0 Å². The van der Waals surface area contributed by atoms with Gasteiger partial charge in [-0.25, -0.2) is 0 Å². The van der Waals surface area contributed by atoms with Crippen LogP contribution in [-0.4, -0.2) is 24.5 Å². The molecule has 0 spiro atoms. The van der Waals surface area contributed by atoms with Gasteiger partial charge in [0.05, 0.1) is 19.4 Å². The zero-order valence-electron chi connectivity index (χ0n) is 14.7. The Balaban J connectivity index is 1.95. The van der Waals surface area contributed by atoms with Crippen LogP contribution in [0, 0.1) is 0 Å². The molecule has 0 bridgehead atoms. The number of para-hydroxylation sites is 1. The first-order chi connectivity index (χ1) is 12.1. The van der Waals surface area contributed by atoms with Crippen molar-refractivity contribution in [3.05, 3.63) is 59.7 Å². The summed E-state index contributed by atoms with van der Waals surface area (Å²) in [7, 11) is 1.62. The van der Waals surface area contributed by atoms with Crippen molar-refractivity contribution in [1.82, 2.24) is 10.7 Å². The van der Waals surface area contributed by atoms with Gasteiger partial charge in [0.1, 0.15) is 0 Å². The predicted octanol–water partition coefficient (Wildman–Crippen LogP) is 3.48. The predicted molar refractivity (Wildman–Crippen MR) is 105 cm³/mol. The highest BCUT2D eigenvalue weighted by atomic mass is 32.1. The van der Waals surface area contributed by atoms with Crippen LogP contribution in [0.4, 0.5) is 0 Å². The molecule has 0 aromatic heterocycles. The number of nitrogens with one attached hydrogen (secondary N) is 2. The van der Waals surface area contributed by atoms with Crippen LogP contribution in [0.5, 0.6) is 11.5 Å². The maximum atomic E-state index is 5.84. The summed E-state index contributed by atoms with van der Waals surface area (Å²) in [5.74, 6) is 1.33. The van der Waals surface area contributed by atoms with E-state index >= 15 is 0 Å².